The molecule has 3 heterocycles. The predicted molar refractivity (Wildman–Crippen MR) is 128 cm³/mol. The van der Waals surface area contributed by atoms with Crippen molar-refractivity contribution in [2.24, 2.45) is 5.73 Å². The number of H-pyrrole nitrogens is 1. The highest BCUT2D eigenvalue weighted by molar-refractivity contribution is 6.34. The van der Waals surface area contributed by atoms with Gasteiger partial charge in [0.1, 0.15) is 5.15 Å². The zero-order valence-electron chi connectivity index (χ0n) is 17.3. The standard InChI is InChI=1S/C21H23ClN6O2.2ClH/c1-12(21(30)25-10-13-7-16-18(22)26-27-20(16)24-9-13)28-11-15(8-17(28)19(23)29)14-5-3-2-4-6-14;;/h2-7,9,12,15,17H,8,10-11H2,1H3,(H2,23,29)(H,25,30)(H,24,26,27);2*1H/t12-,15?,17?;;/m0../s1. The van der Waals surface area contributed by atoms with E-state index in [0.717, 1.165) is 11.1 Å². The van der Waals surface area contributed by atoms with Gasteiger partial charge in [-0.25, -0.2) is 4.98 Å². The summed E-state index contributed by atoms with van der Waals surface area (Å²) in [5.74, 6) is -0.417. The summed E-state index contributed by atoms with van der Waals surface area (Å²) in [6.45, 7) is 2.70. The van der Waals surface area contributed by atoms with E-state index >= 15 is 0 Å². The summed E-state index contributed by atoms with van der Waals surface area (Å²) < 4.78 is 0. The maximum absolute atomic E-state index is 12.8. The van der Waals surface area contributed by atoms with Gasteiger partial charge in [0.05, 0.1) is 17.5 Å². The number of aromatic amines is 1. The number of nitrogens with two attached hydrogens (primary N) is 1. The molecule has 1 aliphatic heterocycles. The van der Waals surface area contributed by atoms with Gasteiger partial charge in [0.2, 0.25) is 11.8 Å². The lowest BCUT2D eigenvalue weighted by Gasteiger charge is -2.28. The van der Waals surface area contributed by atoms with Gasteiger partial charge in [0.15, 0.2) is 5.65 Å². The minimum absolute atomic E-state index is 0. The summed E-state index contributed by atoms with van der Waals surface area (Å²) in [6, 6.07) is 10.9. The van der Waals surface area contributed by atoms with E-state index in [4.69, 9.17) is 17.3 Å². The number of hydrogen-bond acceptors (Lipinski definition) is 5. The Labute approximate surface area is 203 Å². The number of carbonyl (C=O) groups is 2. The van der Waals surface area contributed by atoms with Crippen LogP contribution in [-0.2, 0) is 16.1 Å². The Balaban J connectivity index is 0.00000181. The summed E-state index contributed by atoms with van der Waals surface area (Å²) in [5, 5.41) is 10.7. The molecule has 8 nitrogen and oxygen atoms in total. The van der Waals surface area contributed by atoms with Crippen molar-refractivity contribution in [1.82, 2.24) is 25.4 Å². The fraction of sp³-hybridized carbons (Fsp3) is 0.333. The van der Waals surface area contributed by atoms with E-state index in [2.05, 4.69) is 20.5 Å². The highest BCUT2D eigenvalue weighted by atomic mass is 35.5. The molecule has 1 aromatic carbocycles. The number of rotatable bonds is 6. The number of nitrogens with one attached hydrogen (secondary N) is 2. The molecule has 4 N–H and O–H groups in total. The third-order valence-electron chi connectivity index (χ3n) is 5.70. The molecule has 0 saturated carbocycles. The first-order chi connectivity index (χ1) is 14.4. The molecule has 32 heavy (non-hydrogen) atoms. The lowest BCUT2D eigenvalue weighted by Crippen LogP contribution is -2.51. The number of likely N-dealkylation sites (tertiary alicyclic amines) is 1. The number of primary amides is 1. The second kappa shape index (κ2) is 11.0. The number of amides is 2. The van der Waals surface area contributed by atoms with Crippen LogP contribution in [-0.4, -0.2) is 50.5 Å². The molecule has 1 saturated heterocycles. The number of nitrogens with zero attached hydrogens (tertiary/aromatic N) is 3. The van der Waals surface area contributed by atoms with Crippen LogP contribution in [0, 0.1) is 0 Å². The minimum atomic E-state index is -0.495. The van der Waals surface area contributed by atoms with Gasteiger partial charge in [-0.3, -0.25) is 19.6 Å². The van der Waals surface area contributed by atoms with Crippen LogP contribution in [0.5, 0.6) is 0 Å². The maximum Gasteiger partial charge on any atom is 0.237 e. The molecule has 172 valence electrons. The van der Waals surface area contributed by atoms with Crippen LogP contribution < -0.4 is 11.1 Å². The molecule has 0 aliphatic carbocycles. The third kappa shape index (κ3) is 5.32. The normalized spacial score (nSPS) is 19.1. The van der Waals surface area contributed by atoms with Crippen LogP contribution in [0.2, 0.25) is 5.15 Å². The molecule has 3 aromatic rings. The molecule has 1 fully saturated rings. The molecular formula is C21H25Cl3N6O2. The second-order valence-electron chi connectivity index (χ2n) is 7.60. The predicted octanol–water partition coefficient (Wildman–Crippen LogP) is 2.80. The molecule has 11 heteroatoms. The van der Waals surface area contributed by atoms with Gasteiger partial charge in [-0.1, -0.05) is 41.9 Å². The van der Waals surface area contributed by atoms with Crippen molar-refractivity contribution in [3.8, 4) is 0 Å². The molecule has 0 radical (unpaired) electrons. The number of fused-ring (bicyclic) bond motifs is 1. The molecule has 0 bridgehead atoms. The van der Waals surface area contributed by atoms with Crippen molar-refractivity contribution >= 4 is 59.3 Å². The van der Waals surface area contributed by atoms with Gasteiger partial charge in [-0.2, -0.15) is 5.10 Å². The van der Waals surface area contributed by atoms with Crippen LogP contribution >= 0.6 is 36.4 Å². The maximum atomic E-state index is 12.8. The molecule has 3 atom stereocenters. The molecule has 2 aromatic heterocycles. The van der Waals surface area contributed by atoms with Crippen LogP contribution in [0.3, 0.4) is 0 Å². The van der Waals surface area contributed by atoms with Gasteiger partial charge in [-0.05, 0) is 36.5 Å². The Morgan fingerprint density at radius 2 is 2.03 bits per heavy atom. The van der Waals surface area contributed by atoms with Crippen molar-refractivity contribution < 1.29 is 9.59 Å². The first kappa shape index (κ1) is 25.9. The zero-order chi connectivity index (χ0) is 21.3. The Hall–Kier alpha value is -2.39. The molecular weight excluding hydrogens is 475 g/mol. The van der Waals surface area contributed by atoms with Crippen molar-refractivity contribution in [2.45, 2.75) is 37.9 Å². The summed E-state index contributed by atoms with van der Waals surface area (Å²) in [6.07, 6.45) is 2.26. The number of benzene rings is 1. The third-order valence-corrected chi connectivity index (χ3v) is 5.99. The van der Waals surface area contributed by atoms with E-state index in [0.29, 0.717) is 35.7 Å². The van der Waals surface area contributed by atoms with Crippen molar-refractivity contribution in [3.05, 3.63) is 58.9 Å². The first-order valence-corrected chi connectivity index (χ1v) is 10.2. The molecule has 0 spiro atoms. The van der Waals surface area contributed by atoms with Crippen molar-refractivity contribution in [3.63, 3.8) is 0 Å². The van der Waals surface area contributed by atoms with E-state index in [9.17, 15) is 9.59 Å². The molecule has 1 aliphatic rings. The van der Waals surface area contributed by atoms with Gasteiger partial charge >= 0.3 is 0 Å². The fourth-order valence-corrected chi connectivity index (χ4v) is 4.21. The number of carbonyl (C=O) groups excluding carboxylic acids is 2. The number of halogens is 3. The topological polar surface area (TPSA) is 117 Å². The minimum Gasteiger partial charge on any atom is -0.368 e. The lowest BCUT2D eigenvalue weighted by molar-refractivity contribution is -0.129. The van der Waals surface area contributed by atoms with E-state index in [-0.39, 0.29) is 36.6 Å². The van der Waals surface area contributed by atoms with Gasteiger partial charge in [0.25, 0.3) is 0 Å². The van der Waals surface area contributed by atoms with Gasteiger partial charge in [-0.15, -0.1) is 24.8 Å². The Morgan fingerprint density at radius 3 is 2.72 bits per heavy atom. The fourth-order valence-electron chi connectivity index (χ4n) is 4.03. The molecule has 2 amide bonds. The second-order valence-corrected chi connectivity index (χ2v) is 7.98. The highest BCUT2D eigenvalue weighted by Crippen LogP contribution is 2.33. The summed E-state index contributed by atoms with van der Waals surface area (Å²) >= 11 is 6.06. The van der Waals surface area contributed by atoms with Crippen LogP contribution in [0.4, 0.5) is 0 Å². The van der Waals surface area contributed by atoms with E-state index < -0.39 is 18.0 Å². The quantitative estimate of drug-likeness (QED) is 0.482. The van der Waals surface area contributed by atoms with Crippen LogP contribution in [0.1, 0.15) is 30.4 Å². The Bertz CT molecular complexity index is 1080. The van der Waals surface area contributed by atoms with Crippen molar-refractivity contribution in [2.75, 3.05) is 6.54 Å². The Morgan fingerprint density at radius 1 is 1.31 bits per heavy atom. The molecule has 4 rings (SSSR count). The average Bonchev–Trinajstić information content (AvgIpc) is 3.36. The van der Waals surface area contributed by atoms with Crippen LogP contribution in [0.25, 0.3) is 11.0 Å². The van der Waals surface area contributed by atoms with E-state index in [1.54, 1.807) is 13.1 Å². The largest absolute Gasteiger partial charge is 0.368 e. The number of pyridine rings is 1. The van der Waals surface area contributed by atoms with Gasteiger partial charge in [0, 0.05) is 19.3 Å². The SMILES string of the molecule is C[C@@H](C(=O)NCc1cnc2n[nH]c(Cl)c2c1)N1CC(c2ccccc2)CC1C(N)=O.Cl.Cl. The summed E-state index contributed by atoms with van der Waals surface area (Å²) in [5.41, 5.74) is 8.13. The number of aromatic nitrogens is 3. The average molecular weight is 500 g/mol. The Kier molecular flexibility index (Phi) is 8.86. The van der Waals surface area contributed by atoms with E-state index in [1.165, 1.54) is 0 Å². The molecule has 2 unspecified atom stereocenters. The number of hydrogen-bond donors (Lipinski definition) is 3. The lowest BCUT2D eigenvalue weighted by atomic mass is 9.96. The zero-order valence-corrected chi connectivity index (χ0v) is 19.7. The smallest absolute Gasteiger partial charge is 0.237 e. The highest BCUT2D eigenvalue weighted by Gasteiger charge is 2.40. The van der Waals surface area contributed by atoms with Gasteiger partial charge < -0.3 is 11.1 Å². The monoisotopic (exact) mass is 498 g/mol. The first-order valence-electron chi connectivity index (χ1n) is 9.80. The van der Waals surface area contributed by atoms with Crippen molar-refractivity contribution in [1.29, 1.82) is 0 Å². The van der Waals surface area contributed by atoms with Crippen LogP contribution in [0.15, 0.2) is 42.6 Å². The summed E-state index contributed by atoms with van der Waals surface area (Å²) in [7, 11) is 0. The summed E-state index contributed by atoms with van der Waals surface area (Å²) in [4.78, 5) is 31.0. The van der Waals surface area contributed by atoms with E-state index in [1.807, 2.05) is 41.3 Å².